The summed E-state index contributed by atoms with van der Waals surface area (Å²) in [4.78, 5) is 17.6. The number of benzene rings is 2. The van der Waals surface area contributed by atoms with Crippen LogP contribution in [-0.4, -0.2) is 15.6 Å². The van der Waals surface area contributed by atoms with Crippen molar-refractivity contribution in [1.82, 2.24) is 9.88 Å². The molecule has 130 valence electrons. The summed E-state index contributed by atoms with van der Waals surface area (Å²) in [7, 11) is 2.04. The fraction of sp³-hybridized carbons (Fsp3) is 0.100. The standard InChI is InChI=1S/C20H16BrN3OS/c1-12-16(15-5-3-4-6-17(15)24(12)2)11-18-19(25)23-20(26-18)22-14-9-7-13(21)8-10-14/h3-11H,1-2H3,(H,22,23,25). The van der Waals surface area contributed by atoms with Gasteiger partial charge in [0.1, 0.15) is 0 Å². The van der Waals surface area contributed by atoms with Crippen LogP contribution in [0, 0.1) is 6.92 Å². The first-order valence-corrected chi connectivity index (χ1v) is 9.73. The molecular formula is C20H16BrN3OS. The summed E-state index contributed by atoms with van der Waals surface area (Å²) in [5.74, 6) is -0.113. The van der Waals surface area contributed by atoms with E-state index >= 15 is 0 Å². The van der Waals surface area contributed by atoms with E-state index in [1.165, 1.54) is 11.8 Å². The van der Waals surface area contributed by atoms with Gasteiger partial charge >= 0.3 is 0 Å². The predicted octanol–water partition coefficient (Wildman–Crippen LogP) is 5.14. The van der Waals surface area contributed by atoms with E-state index in [-0.39, 0.29) is 5.91 Å². The molecule has 2 heterocycles. The largest absolute Gasteiger partial charge is 0.347 e. The molecule has 2 aromatic carbocycles. The molecule has 1 aromatic heterocycles. The van der Waals surface area contributed by atoms with Gasteiger partial charge in [-0.2, -0.15) is 0 Å². The number of hydrogen-bond acceptors (Lipinski definition) is 3. The first-order chi connectivity index (χ1) is 12.5. The van der Waals surface area contributed by atoms with Crippen LogP contribution >= 0.6 is 27.7 Å². The Hall–Kier alpha value is -2.31. The number of para-hydroxylation sites is 1. The number of amidine groups is 1. The van der Waals surface area contributed by atoms with Gasteiger partial charge < -0.3 is 9.88 Å². The highest BCUT2D eigenvalue weighted by Crippen LogP contribution is 2.32. The molecule has 6 heteroatoms. The molecule has 3 aromatic rings. The van der Waals surface area contributed by atoms with Crippen LogP contribution in [0.25, 0.3) is 17.0 Å². The van der Waals surface area contributed by atoms with Crippen molar-refractivity contribution < 1.29 is 4.79 Å². The van der Waals surface area contributed by atoms with E-state index in [9.17, 15) is 4.79 Å². The van der Waals surface area contributed by atoms with Crippen molar-refractivity contribution in [2.45, 2.75) is 6.92 Å². The van der Waals surface area contributed by atoms with Crippen molar-refractivity contribution in [3.8, 4) is 0 Å². The molecular weight excluding hydrogens is 410 g/mol. The molecule has 1 saturated heterocycles. The monoisotopic (exact) mass is 425 g/mol. The van der Waals surface area contributed by atoms with E-state index in [1.807, 2.05) is 49.5 Å². The van der Waals surface area contributed by atoms with Crippen molar-refractivity contribution in [2.24, 2.45) is 12.0 Å². The number of rotatable bonds is 2. The number of hydrogen-bond donors (Lipinski definition) is 1. The predicted molar refractivity (Wildman–Crippen MR) is 113 cm³/mol. The summed E-state index contributed by atoms with van der Waals surface area (Å²) in [6, 6.07) is 15.9. The third-order valence-corrected chi connectivity index (χ3v) is 5.87. The second-order valence-corrected chi connectivity index (χ2v) is 7.98. The Bertz CT molecular complexity index is 1080. The number of aryl methyl sites for hydroxylation is 1. The van der Waals surface area contributed by atoms with Crippen LogP contribution in [0.15, 0.2) is 62.9 Å². The number of amides is 1. The Morgan fingerprint density at radius 1 is 1.15 bits per heavy atom. The molecule has 0 spiro atoms. The zero-order chi connectivity index (χ0) is 18.3. The van der Waals surface area contributed by atoms with Gasteiger partial charge in [-0.3, -0.25) is 4.79 Å². The van der Waals surface area contributed by atoms with Crippen LogP contribution in [0.1, 0.15) is 11.3 Å². The summed E-state index contributed by atoms with van der Waals surface area (Å²) >= 11 is 4.78. The van der Waals surface area contributed by atoms with Crippen molar-refractivity contribution in [2.75, 3.05) is 0 Å². The summed E-state index contributed by atoms with van der Waals surface area (Å²) in [6.07, 6.45) is 1.96. The Balaban J connectivity index is 1.70. The Morgan fingerprint density at radius 2 is 1.88 bits per heavy atom. The van der Waals surface area contributed by atoms with Gasteiger partial charge in [-0.15, -0.1) is 0 Å². The van der Waals surface area contributed by atoms with Crippen molar-refractivity contribution in [3.63, 3.8) is 0 Å². The molecule has 1 aliphatic heterocycles. The second-order valence-electron chi connectivity index (χ2n) is 6.03. The van der Waals surface area contributed by atoms with Crippen LogP contribution in [0.4, 0.5) is 5.69 Å². The lowest BCUT2D eigenvalue weighted by Gasteiger charge is -1.98. The number of thioether (sulfide) groups is 1. The molecule has 1 fully saturated rings. The van der Waals surface area contributed by atoms with Crippen LogP contribution in [0.2, 0.25) is 0 Å². The minimum Gasteiger partial charge on any atom is -0.347 e. The van der Waals surface area contributed by atoms with Gasteiger partial charge in [0, 0.05) is 33.7 Å². The highest BCUT2D eigenvalue weighted by molar-refractivity contribution is 9.10. The zero-order valence-corrected chi connectivity index (χ0v) is 16.7. The lowest BCUT2D eigenvalue weighted by atomic mass is 10.1. The van der Waals surface area contributed by atoms with Crippen LogP contribution in [0.5, 0.6) is 0 Å². The average Bonchev–Trinajstić information content (AvgIpc) is 3.10. The van der Waals surface area contributed by atoms with Crippen molar-refractivity contribution in [3.05, 3.63) is 69.2 Å². The number of halogens is 1. The Morgan fingerprint density at radius 3 is 2.65 bits per heavy atom. The molecule has 0 saturated carbocycles. The normalized spacial score (nSPS) is 17.4. The minimum atomic E-state index is -0.113. The molecule has 26 heavy (non-hydrogen) atoms. The van der Waals surface area contributed by atoms with E-state index in [2.05, 4.69) is 49.9 Å². The van der Waals surface area contributed by atoms with Crippen LogP contribution < -0.4 is 5.32 Å². The molecule has 1 aliphatic rings. The molecule has 0 atom stereocenters. The number of nitrogens with zero attached hydrogens (tertiary/aromatic N) is 2. The SMILES string of the molecule is Cc1c(C=C2SC(=Nc3ccc(Br)cc3)NC2=O)c2ccccc2n1C. The molecule has 0 bridgehead atoms. The highest BCUT2D eigenvalue weighted by atomic mass is 79.9. The average molecular weight is 426 g/mol. The maximum absolute atomic E-state index is 12.4. The maximum atomic E-state index is 12.4. The minimum absolute atomic E-state index is 0.113. The summed E-state index contributed by atoms with van der Waals surface area (Å²) in [5.41, 5.74) is 4.17. The van der Waals surface area contributed by atoms with Crippen LogP contribution in [-0.2, 0) is 11.8 Å². The number of carbonyl (C=O) groups is 1. The molecule has 0 radical (unpaired) electrons. The molecule has 4 nitrogen and oxygen atoms in total. The number of aromatic nitrogens is 1. The Labute approximate surface area is 164 Å². The first-order valence-electron chi connectivity index (χ1n) is 8.12. The molecule has 1 amide bonds. The van der Waals surface area contributed by atoms with Crippen molar-refractivity contribution >= 4 is 61.4 Å². The van der Waals surface area contributed by atoms with Gasteiger partial charge in [0.2, 0.25) is 0 Å². The van der Waals surface area contributed by atoms with Gasteiger partial charge in [-0.25, -0.2) is 4.99 Å². The number of nitrogens with one attached hydrogen (secondary N) is 1. The van der Waals surface area contributed by atoms with Crippen molar-refractivity contribution in [1.29, 1.82) is 0 Å². The number of aliphatic imine (C=N–C) groups is 1. The molecule has 1 N–H and O–H groups in total. The molecule has 4 rings (SSSR count). The van der Waals surface area contributed by atoms with Gasteiger partial charge in [-0.1, -0.05) is 34.1 Å². The van der Waals surface area contributed by atoms with E-state index in [0.29, 0.717) is 10.1 Å². The second kappa shape index (κ2) is 6.78. The quantitative estimate of drug-likeness (QED) is 0.577. The van der Waals surface area contributed by atoms with Gasteiger partial charge in [-0.05, 0) is 55.1 Å². The fourth-order valence-corrected chi connectivity index (χ4v) is 4.06. The number of carbonyl (C=O) groups excluding carboxylic acids is 1. The number of fused-ring (bicyclic) bond motifs is 1. The van der Waals surface area contributed by atoms with E-state index in [1.54, 1.807) is 0 Å². The van der Waals surface area contributed by atoms with Crippen LogP contribution in [0.3, 0.4) is 0 Å². The summed E-state index contributed by atoms with van der Waals surface area (Å²) < 4.78 is 3.15. The smallest absolute Gasteiger partial charge is 0.264 e. The Kier molecular flexibility index (Phi) is 4.46. The summed E-state index contributed by atoms with van der Waals surface area (Å²) in [5, 5.41) is 4.59. The lowest BCUT2D eigenvalue weighted by Crippen LogP contribution is -2.19. The summed E-state index contributed by atoms with van der Waals surface area (Å²) in [6.45, 7) is 2.07. The van der Waals surface area contributed by atoms with Gasteiger partial charge in [0.25, 0.3) is 5.91 Å². The topological polar surface area (TPSA) is 46.4 Å². The molecule has 0 unspecified atom stereocenters. The first kappa shape index (κ1) is 17.1. The van der Waals surface area contributed by atoms with E-state index in [4.69, 9.17) is 0 Å². The fourth-order valence-electron chi connectivity index (χ4n) is 2.98. The van der Waals surface area contributed by atoms with Gasteiger partial charge in [0.05, 0.1) is 10.6 Å². The zero-order valence-electron chi connectivity index (χ0n) is 14.3. The lowest BCUT2D eigenvalue weighted by molar-refractivity contribution is -0.115. The third-order valence-electron chi connectivity index (χ3n) is 4.43. The highest BCUT2D eigenvalue weighted by Gasteiger charge is 2.25. The molecule has 0 aliphatic carbocycles. The van der Waals surface area contributed by atoms with E-state index < -0.39 is 0 Å². The third kappa shape index (κ3) is 3.10. The maximum Gasteiger partial charge on any atom is 0.264 e. The van der Waals surface area contributed by atoms with E-state index in [0.717, 1.165) is 32.3 Å². The van der Waals surface area contributed by atoms with Gasteiger partial charge in [0.15, 0.2) is 5.17 Å².